The van der Waals surface area contributed by atoms with Crippen molar-refractivity contribution >= 4 is 0 Å². The predicted octanol–water partition coefficient (Wildman–Crippen LogP) is 18.0. The van der Waals surface area contributed by atoms with Gasteiger partial charge >= 0.3 is 0 Å². The van der Waals surface area contributed by atoms with E-state index < -0.39 is 12.2 Å². The van der Waals surface area contributed by atoms with Crippen LogP contribution in [0.3, 0.4) is 0 Å². The van der Waals surface area contributed by atoms with E-state index in [1.807, 2.05) is 12.2 Å². The van der Waals surface area contributed by atoms with E-state index >= 15 is 0 Å². The molecule has 0 bridgehead atoms. The molecule has 0 saturated carbocycles. The summed E-state index contributed by atoms with van der Waals surface area (Å²) >= 11 is 0. The zero-order chi connectivity index (χ0) is 41.5. The molecule has 0 heterocycles. The molecule has 0 aliphatic rings. The predicted molar refractivity (Wildman–Crippen MR) is 256 cm³/mol. The lowest BCUT2D eigenvalue weighted by Gasteiger charge is -2.31. The van der Waals surface area contributed by atoms with Gasteiger partial charge in [0.1, 0.15) is 0 Å². The summed E-state index contributed by atoms with van der Waals surface area (Å²) < 4.78 is 6.88. The molecular formula is C54H106O3. The van der Waals surface area contributed by atoms with Gasteiger partial charge in [0.15, 0.2) is 0 Å². The van der Waals surface area contributed by atoms with E-state index in [1.165, 1.54) is 231 Å². The summed E-state index contributed by atoms with van der Waals surface area (Å²) in [5, 5.41) is 23.1. The molecule has 340 valence electrons. The molecule has 0 rings (SSSR count). The van der Waals surface area contributed by atoms with E-state index in [1.54, 1.807) is 0 Å². The maximum absolute atomic E-state index is 11.6. The Bertz CT molecular complexity index is 766. The summed E-state index contributed by atoms with van der Waals surface area (Å²) in [6.45, 7) is 12.2. The third-order valence-electron chi connectivity index (χ3n) is 12.7. The van der Waals surface area contributed by atoms with Crippen LogP contribution in [0, 0.1) is 0 Å². The molecule has 0 aromatic carbocycles. The van der Waals surface area contributed by atoms with Gasteiger partial charge in [-0.2, -0.15) is 0 Å². The molecule has 0 amide bonds. The quantitative estimate of drug-likeness (QED) is 0.0476. The van der Waals surface area contributed by atoms with Crippen LogP contribution in [0.1, 0.15) is 296 Å². The third-order valence-corrected chi connectivity index (χ3v) is 12.7. The second kappa shape index (κ2) is 48.0. The lowest BCUT2D eigenvalue weighted by molar-refractivity contribution is -0.125. The molecule has 4 unspecified atom stereocenters. The molecule has 0 aliphatic heterocycles. The van der Waals surface area contributed by atoms with E-state index in [9.17, 15) is 10.2 Å². The number of ether oxygens (including phenoxy) is 1. The Labute approximate surface area is 359 Å². The number of hydrogen-bond donors (Lipinski definition) is 2. The third kappa shape index (κ3) is 41.9. The van der Waals surface area contributed by atoms with Gasteiger partial charge < -0.3 is 14.9 Å². The van der Waals surface area contributed by atoms with Crippen LogP contribution in [0.15, 0.2) is 25.3 Å². The summed E-state index contributed by atoms with van der Waals surface area (Å²) in [5.74, 6) is 0. The van der Waals surface area contributed by atoms with Crippen LogP contribution < -0.4 is 0 Å². The minimum Gasteiger partial charge on any atom is -0.390 e. The number of unbranched alkanes of at least 4 members (excludes halogenated alkanes) is 36. The molecular weight excluding hydrogens is 697 g/mol. The van der Waals surface area contributed by atoms with Crippen LogP contribution in [0.25, 0.3) is 0 Å². The van der Waals surface area contributed by atoms with Gasteiger partial charge in [-0.05, 0) is 51.4 Å². The summed E-state index contributed by atoms with van der Waals surface area (Å²) in [5.41, 5.74) is 0. The molecule has 3 nitrogen and oxygen atoms in total. The summed E-state index contributed by atoms with van der Waals surface area (Å²) in [6.07, 6.45) is 58.6. The van der Waals surface area contributed by atoms with Gasteiger partial charge in [0.2, 0.25) is 0 Å². The van der Waals surface area contributed by atoms with Gasteiger partial charge in [-0.15, -0.1) is 13.2 Å². The molecule has 0 aliphatic carbocycles. The average Bonchev–Trinajstić information content (AvgIpc) is 3.21. The van der Waals surface area contributed by atoms with E-state index in [0.717, 1.165) is 51.4 Å². The highest BCUT2D eigenvalue weighted by molar-refractivity contribution is 4.77. The van der Waals surface area contributed by atoms with Crippen molar-refractivity contribution < 1.29 is 14.9 Å². The minimum atomic E-state index is -0.418. The standard InChI is InChI=1S/C54H106O3/c1-5-9-13-17-21-23-25-27-29-31-33-35-37-40-44-48-52(56)53(49-45-41-20-16-12-8-4)57-54(51(55)47-43-39-19-15-11-7-3)50-46-42-38-36-34-32-30-28-26-24-22-18-14-10-6-2/h5-6,51-56H,1-2,7-50H2,3-4H3. The Kier molecular flexibility index (Phi) is 47.5. The molecule has 57 heavy (non-hydrogen) atoms. The molecule has 4 atom stereocenters. The maximum atomic E-state index is 11.6. The molecule has 0 spiro atoms. The summed E-state index contributed by atoms with van der Waals surface area (Å²) in [7, 11) is 0. The number of rotatable bonds is 50. The Morgan fingerprint density at radius 1 is 0.316 bits per heavy atom. The SMILES string of the molecule is C=CCCCCCCCCCCCCCCCC(O)C(CCCCCCCC)OC(CCCCCCCCCCCCCCCC=C)C(O)CCCCCCCC. The first-order valence-corrected chi connectivity index (χ1v) is 26.3. The van der Waals surface area contributed by atoms with Gasteiger partial charge in [-0.1, -0.05) is 257 Å². The van der Waals surface area contributed by atoms with Crippen LogP contribution in [-0.4, -0.2) is 34.6 Å². The largest absolute Gasteiger partial charge is 0.390 e. The summed E-state index contributed by atoms with van der Waals surface area (Å²) in [4.78, 5) is 0. The molecule has 0 aromatic heterocycles. The molecule has 0 saturated heterocycles. The van der Waals surface area contributed by atoms with Crippen LogP contribution in [-0.2, 0) is 4.74 Å². The van der Waals surface area contributed by atoms with Gasteiger partial charge in [0, 0.05) is 0 Å². The van der Waals surface area contributed by atoms with Crippen molar-refractivity contribution in [1.82, 2.24) is 0 Å². The zero-order valence-electron chi connectivity index (χ0n) is 39.3. The fourth-order valence-corrected chi connectivity index (χ4v) is 8.72. The first kappa shape index (κ1) is 56.4. The van der Waals surface area contributed by atoms with E-state index in [-0.39, 0.29) is 12.2 Å². The Balaban J connectivity index is 4.76. The lowest BCUT2D eigenvalue weighted by atomic mass is 9.96. The first-order valence-electron chi connectivity index (χ1n) is 26.3. The Hall–Kier alpha value is -0.640. The molecule has 3 heteroatoms. The van der Waals surface area contributed by atoms with E-state index in [4.69, 9.17) is 4.74 Å². The molecule has 2 N–H and O–H groups in total. The van der Waals surface area contributed by atoms with Gasteiger partial charge in [0.25, 0.3) is 0 Å². The monoisotopic (exact) mass is 803 g/mol. The van der Waals surface area contributed by atoms with Gasteiger partial charge in [0.05, 0.1) is 24.4 Å². The van der Waals surface area contributed by atoms with Crippen molar-refractivity contribution in [1.29, 1.82) is 0 Å². The zero-order valence-corrected chi connectivity index (χ0v) is 39.3. The van der Waals surface area contributed by atoms with Crippen LogP contribution >= 0.6 is 0 Å². The Morgan fingerprint density at radius 3 is 0.772 bits per heavy atom. The normalized spacial score (nSPS) is 13.8. The highest BCUT2D eigenvalue weighted by atomic mass is 16.5. The number of aliphatic hydroxyl groups excluding tert-OH is 2. The number of allylic oxidation sites excluding steroid dienone is 2. The lowest BCUT2D eigenvalue weighted by Crippen LogP contribution is -2.38. The van der Waals surface area contributed by atoms with Crippen LogP contribution in [0.4, 0.5) is 0 Å². The van der Waals surface area contributed by atoms with Gasteiger partial charge in [-0.25, -0.2) is 0 Å². The molecule has 0 radical (unpaired) electrons. The highest BCUT2D eigenvalue weighted by Crippen LogP contribution is 2.25. The van der Waals surface area contributed by atoms with Gasteiger partial charge in [-0.3, -0.25) is 0 Å². The number of aliphatic hydroxyl groups is 2. The van der Waals surface area contributed by atoms with Crippen molar-refractivity contribution in [3.8, 4) is 0 Å². The van der Waals surface area contributed by atoms with Crippen LogP contribution in [0.5, 0.6) is 0 Å². The second-order valence-electron chi connectivity index (χ2n) is 18.4. The van der Waals surface area contributed by atoms with Crippen LogP contribution in [0.2, 0.25) is 0 Å². The highest BCUT2D eigenvalue weighted by Gasteiger charge is 2.27. The van der Waals surface area contributed by atoms with Crippen molar-refractivity contribution in [3.63, 3.8) is 0 Å². The summed E-state index contributed by atoms with van der Waals surface area (Å²) in [6, 6.07) is 0. The second-order valence-corrected chi connectivity index (χ2v) is 18.4. The smallest absolute Gasteiger partial charge is 0.0839 e. The van der Waals surface area contributed by atoms with E-state index in [0.29, 0.717) is 0 Å². The minimum absolute atomic E-state index is 0.144. The van der Waals surface area contributed by atoms with Crippen molar-refractivity contribution in [2.45, 2.75) is 321 Å². The molecule has 0 fully saturated rings. The average molecular weight is 803 g/mol. The molecule has 0 aromatic rings. The Morgan fingerprint density at radius 2 is 0.526 bits per heavy atom. The topological polar surface area (TPSA) is 49.7 Å². The fraction of sp³-hybridized carbons (Fsp3) is 0.926. The first-order chi connectivity index (χ1) is 28.1. The van der Waals surface area contributed by atoms with Crippen molar-refractivity contribution in [3.05, 3.63) is 25.3 Å². The fourth-order valence-electron chi connectivity index (χ4n) is 8.72. The number of hydrogen-bond acceptors (Lipinski definition) is 3. The van der Waals surface area contributed by atoms with Crippen molar-refractivity contribution in [2.75, 3.05) is 0 Å². The van der Waals surface area contributed by atoms with E-state index in [2.05, 4.69) is 27.0 Å². The van der Waals surface area contributed by atoms with Crippen molar-refractivity contribution in [2.24, 2.45) is 0 Å². The maximum Gasteiger partial charge on any atom is 0.0839 e.